The van der Waals surface area contributed by atoms with Crippen molar-refractivity contribution in [3.05, 3.63) is 36.0 Å². The summed E-state index contributed by atoms with van der Waals surface area (Å²) in [5, 5.41) is 11.6. The number of nitrogens with one attached hydrogen (secondary N) is 2. The van der Waals surface area contributed by atoms with Gasteiger partial charge in [-0.2, -0.15) is 5.10 Å². The highest BCUT2D eigenvalue weighted by Gasteiger charge is 2.23. The molecule has 0 saturated carbocycles. The third-order valence-electron chi connectivity index (χ3n) is 4.94. The number of ether oxygens (including phenoxy) is 2. The average molecular weight is 342 g/mol. The number of nitrogens with zero attached hydrogens (tertiary/aromatic N) is 2. The second-order valence-corrected chi connectivity index (χ2v) is 7.18. The van der Waals surface area contributed by atoms with E-state index < -0.39 is 0 Å². The predicted octanol–water partition coefficient (Wildman–Crippen LogP) is 2.68. The summed E-state index contributed by atoms with van der Waals surface area (Å²) in [4.78, 5) is 0. The Balaban J connectivity index is 1.43. The fourth-order valence-corrected chi connectivity index (χ4v) is 3.61. The van der Waals surface area contributed by atoms with Gasteiger partial charge in [0.15, 0.2) is 11.5 Å². The van der Waals surface area contributed by atoms with Crippen LogP contribution in [0.15, 0.2) is 30.5 Å². The summed E-state index contributed by atoms with van der Waals surface area (Å²) >= 11 is 0. The van der Waals surface area contributed by atoms with Gasteiger partial charge in [0.05, 0.1) is 6.20 Å². The van der Waals surface area contributed by atoms with Crippen LogP contribution < -0.4 is 20.1 Å². The van der Waals surface area contributed by atoms with Crippen LogP contribution in [0.5, 0.6) is 11.5 Å². The van der Waals surface area contributed by atoms with Crippen LogP contribution in [0.4, 0.5) is 5.82 Å². The van der Waals surface area contributed by atoms with Crippen molar-refractivity contribution in [3.63, 3.8) is 0 Å². The Bertz CT molecular complexity index is 728. The molecule has 1 aromatic heterocycles. The molecule has 6 nitrogen and oxygen atoms in total. The molecular weight excluding hydrogens is 316 g/mol. The molecule has 6 heteroatoms. The largest absolute Gasteiger partial charge is 0.486 e. The van der Waals surface area contributed by atoms with Crippen molar-refractivity contribution in [2.24, 2.45) is 11.8 Å². The molecule has 0 saturated heterocycles. The minimum atomic E-state index is 0.287. The van der Waals surface area contributed by atoms with Gasteiger partial charge in [-0.15, -0.1) is 0 Å². The van der Waals surface area contributed by atoms with Gasteiger partial charge in [0.2, 0.25) is 0 Å². The first-order valence-corrected chi connectivity index (χ1v) is 9.09. The monoisotopic (exact) mass is 342 g/mol. The van der Waals surface area contributed by atoms with Gasteiger partial charge in [-0.3, -0.25) is 0 Å². The second kappa shape index (κ2) is 6.96. The summed E-state index contributed by atoms with van der Waals surface area (Å²) in [5.74, 6) is 3.82. The molecule has 0 fully saturated rings. The summed E-state index contributed by atoms with van der Waals surface area (Å²) < 4.78 is 13.4. The standard InChI is InChI=1S/C19H26N4O2/c1-13(2)19(15-3-4-16-17(9-15)25-8-7-24-16)21-11-14-10-20-18-5-6-22-23(18)12-14/h3-6,9,13-14,19-21H,7-8,10-12H2,1-2H3/t14-,19+/m0/s1. The second-order valence-electron chi connectivity index (χ2n) is 7.18. The number of anilines is 1. The van der Waals surface area contributed by atoms with Crippen LogP contribution in [0, 0.1) is 11.8 Å². The Morgan fingerprint density at radius 3 is 2.92 bits per heavy atom. The van der Waals surface area contributed by atoms with Crippen LogP contribution >= 0.6 is 0 Å². The van der Waals surface area contributed by atoms with Gasteiger partial charge in [0.1, 0.15) is 19.0 Å². The molecule has 0 amide bonds. The maximum atomic E-state index is 5.74. The van der Waals surface area contributed by atoms with E-state index >= 15 is 0 Å². The lowest BCUT2D eigenvalue weighted by Gasteiger charge is -2.30. The van der Waals surface area contributed by atoms with Gasteiger partial charge in [-0.25, -0.2) is 4.68 Å². The molecule has 3 heterocycles. The van der Waals surface area contributed by atoms with E-state index in [-0.39, 0.29) is 6.04 Å². The molecule has 2 atom stereocenters. The molecular formula is C19H26N4O2. The molecule has 0 bridgehead atoms. The van der Waals surface area contributed by atoms with Crippen LogP contribution in [0.1, 0.15) is 25.5 Å². The zero-order valence-corrected chi connectivity index (χ0v) is 14.9. The van der Waals surface area contributed by atoms with Gasteiger partial charge in [-0.05, 0) is 23.6 Å². The molecule has 0 aliphatic carbocycles. The van der Waals surface area contributed by atoms with Gasteiger partial charge in [0, 0.05) is 37.7 Å². The highest BCUT2D eigenvalue weighted by Crippen LogP contribution is 2.34. The minimum Gasteiger partial charge on any atom is -0.486 e. The van der Waals surface area contributed by atoms with E-state index in [1.165, 1.54) is 5.56 Å². The van der Waals surface area contributed by atoms with Crippen LogP contribution in [-0.4, -0.2) is 36.1 Å². The lowest BCUT2D eigenvalue weighted by molar-refractivity contribution is 0.171. The SMILES string of the molecule is CC(C)[C@@H](NC[C@@H]1CNc2ccnn2C1)c1ccc2c(c1)OCCO2. The number of fused-ring (bicyclic) bond motifs is 2. The Morgan fingerprint density at radius 1 is 1.24 bits per heavy atom. The fourth-order valence-electron chi connectivity index (χ4n) is 3.61. The van der Waals surface area contributed by atoms with E-state index in [0.717, 1.165) is 37.0 Å². The van der Waals surface area contributed by atoms with Crippen LogP contribution in [0.3, 0.4) is 0 Å². The third kappa shape index (κ3) is 3.44. The molecule has 0 unspecified atom stereocenters. The molecule has 4 rings (SSSR count). The van der Waals surface area contributed by atoms with Crippen molar-refractivity contribution in [2.75, 3.05) is 31.6 Å². The molecule has 2 N–H and O–H groups in total. The molecule has 0 radical (unpaired) electrons. The summed E-state index contributed by atoms with van der Waals surface area (Å²) in [6, 6.07) is 8.61. The van der Waals surface area contributed by atoms with Crippen LogP contribution in [0.2, 0.25) is 0 Å². The lowest BCUT2D eigenvalue weighted by Crippen LogP contribution is -2.38. The fraction of sp³-hybridized carbons (Fsp3) is 0.526. The molecule has 0 spiro atoms. The number of aromatic nitrogens is 2. The minimum absolute atomic E-state index is 0.287. The normalized spacial score (nSPS) is 20.0. The quantitative estimate of drug-likeness (QED) is 0.875. The Labute approximate surface area is 148 Å². The molecule has 25 heavy (non-hydrogen) atoms. The van der Waals surface area contributed by atoms with Crippen molar-refractivity contribution in [2.45, 2.75) is 26.4 Å². The van der Waals surface area contributed by atoms with Crippen molar-refractivity contribution in [1.29, 1.82) is 0 Å². The zero-order valence-electron chi connectivity index (χ0n) is 14.9. The number of benzene rings is 1. The van der Waals surface area contributed by atoms with E-state index in [9.17, 15) is 0 Å². The Morgan fingerprint density at radius 2 is 2.08 bits per heavy atom. The first-order chi connectivity index (χ1) is 12.2. The van der Waals surface area contributed by atoms with Gasteiger partial charge < -0.3 is 20.1 Å². The average Bonchev–Trinajstić information content (AvgIpc) is 3.09. The summed E-state index contributed by atoms with van der Waals surface area (Å²) in [6.45, 7) is 8.62. The van der Waals surface area contributed by atoms with Crippen molar-refractivity contribution in [3.8, 4) is 11.5 Å². The predicted molar refractivity (Wildman–Crippen MR) is 97.2 cm³/mol. The van der Waals surface area contributed by atoms with Crippen LogP contribution in [0.25, 0.3) is 0 Å². The molecule has 2 aliphatic rings. The Kier molecular flexibility index (Phi) is 4.53. The summed E-state index contributed by atoms with van der Waals surface area (Å²) in [6.07, 6.45) is 1.85. The summed E-state index contributed by atoms with van der Waals surface area (Å²) in [5.41, 5.74) is 1.25. The van der Waals surface area contributed by atoms with E-state index in [1.807, 2.05) is 23.0 Å². The van der Waals surface area contributed by atoms with Gasteiger partial charge in [-0.1, -0.05) is 19.9 Å². The highest BCUT2D eigenvalue weighted by atomic mass is 16.6. The van der Waals surface area contributed by atoms with Crippen molar-refractivity contribution >= 4 is 5.82 Å². The molecule has 134 valence electrons. The van der Waals surface area contributed by atoms with E-state index in [1.54, 1.807) is 0 Å². The van der Waals surface area contributed by atoms with Crippen molar-refractivity contribution < 1.29 is 9.47 Å². The topological polar surface area (TPSA) is 60.3 Å². The molecule has 1 aromatic carbocycles. The van der Waals surface area contributed by atoms with E-state index in [4.69, 9.17) is 9.47 Å². The maximum absolute atomic E-state index is 5.74. The van der Waals surface area contributed by atoms with E-state index in [2.05, 4.69) is 41.7 Å². The number of hydrogen-bond donors (Lipinski definition) is 2. The highest BCUT2D eigenvalue weighted by molar-refractivity contribution is 5.44. The third-order valence-corrected chi connectivity index (χ3v) is 4.94. The van der Waals surface area contributed by atoms with Crippen LogP contribution in [-0.2, 0) is 6.54 Å². The Hall–Kier alpha value is -2.21. The number of hydrogen-bond acceptors (Lipinski definition) is 5. The summed E-state index contributed by atoms with van der Waals surface area (Å²) in [7, 11) is 0. The smallest absolute Gasteiger partial charge is 0.161 e. The molecule has 2 aliphatic heterocycles. The van der Waals surface area contributed by atoms with Gasteiger partial charge in [0.25, 0.3) is 0 Å². The van der Waals surface area contributed by atoms with E-state index in [0.29, 0.717) is 25.0 Å². The maximum Gasteiger partial charge on any atom is 0.161 e. The lowest BCUT2D eigenvalue weighted by atomic mass is 9.94. The number of rotatable bonds is 5. The van der Waals surface area contributed by atoms with Crippen molar-refractivity contribution in [1.82, 2.24) is 15.1 Å². The first kappa shape index (κ1) is 16.3. The zero-order chi connectivity index (χ0) is 17.2. The first-order valence-electron chi connectivity index (χ1n) is 9.09. The molecule has 2 aromatic rings. The van der Waals surface area contributed by atoms with Gasteiger partial charge >= 0.3 is 0 Å².